The van der Waals surface area contributed by atoms with Crippen LogP contribution in [0.4, 0.5) is 0 Å². The van der Waals surface area contributed by atoms with Crippen molar-refractivity contribution in [2.45, 2.75) is 41.8 Å². The number of carbonyl (C=O) groups excluding carboxylic acids is 1. The maximum atomic E-state index is 12.5. The largest absolute Gasteiger partial charge is 0.298 e. The van der Waals surface area contributed by atoms with Gasteiger partial charge in [0.25, 0.3) is 0 Å². The monoisotopic (exact) mass is 360 g/mol. The first-order valence-corrected chi connectivity index (χ1v) is 9.16. The van der Waals surface area contributed by atoms with Gasteiger partial charge >= 0.3 is 0 Å². The summed E-state index contributed by atoms with van der Waals surface area (Å²) in [5, 5.41) is 0.679. The summed E-state index contributed by atoms with van der Waals surface area (Å²) in [6.07, 6.45) is 7.69. The molecule has 2 rings (SSSR count). The minimum Gasteiger partial charge on any atom is -0.298 e. The summed E-state index contributed by atoms with van der Waals surface area (Å²) in [6.45, 7) is 0. The second-order valence-corrected chi connectivity index (χ2v) is 7.19. The number of Topliss-reactive ketones (excluding diaryl/α,β-unsaturated/α-hetero) is 1. The minimum atomic E-state index is -0.265. The number of hydrogen-bond donors (Lipinski definition) is 0. The summed E-state index contributed by atoms with van der Waals surface area (Å²) in [6, 6.07) is 5.92. The van der Waals surface area contributed by atoms with E-state index >= 15 is 0 Å². The average molecular weight is 362 g/mol. The summed E-state index contributed by atoms with van der Waals surface area (Å²) in [4.78, 5) is 13.4. The number of halogens is 2. The Kier molecular flexibility index (Phi) is 5.79. The van der Waals surface area contributed by atoms with E-state index in [1.54, 1.807) is 11.8 Å². The van der Waals surface area contributed by atoms with Crippen molar-refractivity contribution in [3.8, 4) is 0 Å². The van der Waals surface area contributed by atoms with Gasteiger partial charge in [-0.3, -0.25) is 4.79 Å². The van der Waals surface area contributed by atoms with Crippen LogP contribution in [-0.2, 0) is 4.79 Å². The topological polar surface area (TPSA) is 17.1 Å². The Morgan fingerprint density at radius 1 is 1.37 bits per heavy atom. The summed E-state index contributed by atoms with van der Waals surface area (Å²) < 4.78 is 0. The van der Waals surface area contributed by atoms with Crippen LogP contribution >= 0.6 is 39.3 Å². The van der Waals surface area contributed by atoms with Gasteiger partial charge in [0.05, 0.1) is 4.83 Å². The molecule has 1 fully saturated rings. The van der Waals surface area contributed by atoms with Crippen molar-refractivity contribution in [1.82, 2.24) is 0 Å². The Hall–Kier alpha value is 0.01000. The molecule has 104 valence electrons. The van der Waals surface area contributed by atoms with Crippen LogP contribution in [0.25, 0.3) is 0 Å². The van der Waals surface area contributed by atoms with Gasteiger partial charge in [-0.25, -0.2) is 0 Å². The maximum Gasteiger partial charge on any atom is 0.154 e. The number of ketones is 1. The zero-order valence-electron chi connectivity index (χ0n) is 11.0. The zero-order valence-corrected chi connectivity index (χ0v) is 14.2. The lowest BCUT2D eigenvalue weighted by molar-refractivity contribution is -0.123. The molecule has 0 bridgehead atoms. The Bertz CT molecular complexity index is 457. The molecule has 1 aliphatic rings. The third kappa shape index (κ3) is 3.77. The molecule has 0 saturated heterocycles. The van der Waals surface area contributed by atoms with E-state index in [2.05, 4.69) is 15.9 Å². The molecule has 4 heteroatoms. The molecule has 1 aromatic carbocycles. The van der Waals surface area contributed by atoms with E-state index in [1.165, 1.54) is 19.3 Å². The van der Waals surface area contributed by atoms with E-state index in [4.69, 9.17) is 11.6 Å². The van der Waals surface area contributed by atoms with Gasteiger partial charge in [0.1, 0.15) is 0 Å². The Balaban J connectivity index is 2.14. The third-order valence-electron chi connectivity index (χ3n) is 3.74. The Morgan fingerprint density at radius 2 is 2.05 bits per heavy atom. The van der Waals surface area contributed by atoms with Crippen molar-refractivity contribution in [3.05, 3.63) is 28.8 Å². The van der Waals surface area contributed by atoms with Gasteiger partial charge in [0, 0.05) is 15.8 Å². The summed E-state index contributed by atoms with van der Waals surface area (Å²) in [5.41, 5.74) is 0.898. The first kappa shape index (κ1) is 15.4. The van der Waals surface area contributed by atoms with E-state index in [-0.39, 0.29) is 10.7 Å². The fraction of sp³-hybridized carbons (Fsp3) is 0.533. The van der Waals surface area contributed by atoms with E-state index in [9.17, 15) is 4.79 Å². The van der Waals surface area contributed by atoms with Crippen LogP contribution in [0.15, 0.2) is 23.1 Å². The van der Waals surface area contributed by atoms with Gasteiger partial charge in [-0.05, 0) is 36.8 Å². The number of hydrogen-bond acceptors (Lipinski definition) is 2. The van der Waals surface area contributed by atoms with Crippen molar-refractivity contribution in [3.63, 3.8) is 0 Å². The lowest BCUT2D eigenvalue weighted by Gasteiger charge is -2.23. The van der Waals surface area contributed by atoms with Gasteiger partial charge < -0.3 is 0 Å². The molecule has 1 atom stereocenters. The molecule has 0 N–H and O–H groups in total. The maximum absolute atomic E-state index is 12.5. The molecule has 0 radical (unpaired) electrons. The first-order chi connectivity index (χ1) is 9.13. The number of benzene rings is 1. The highest BCUT2D eigenvalue weighted by atomic mass is 79.9. The van der Waals surface area contributed by atoms with Gasteiger partial charge in [-0.2, -0.15) is 0 Å². The number of alkyl halides is 1. The number of rotatable bonds is 4. The van der Waals surface area contributed by atoms with Crippen LogP contribution in [0.3, 0.4) is 0 Å². The molecule has 0 spiro atoms. The van der Waals surface area contributed by atoms with Gasteiger partial charge in [-0.1, -0.05) is 52.9 Å². The molecule has 19 heavy (non-hydrogen) atoms. The molecule has 1 aromatic rings. The molecule has 1 nitrogen and oxygen atoms in total. The van der Waals surface area contributed by atoms with Gasteiger partial charge in [0.15, 0.2) is 5.78 Å². The minimum absolute atomic E-state index is 0.203. The highest BCUT2D eigenvalue weighted by Crippen LogP contribution is 2.37. The molecule has 1 saturated carbocycles. The van der Waals surface area contributed by atoms with E-state index < -0.39 is 0 Å². The molecule has 0 aliphatic heterocycles. The fourth-order valence-electron chi connectivity index (χ4n) is 2.59. The van der Waals surface area contributed by atoms with Crippen LogP contribution in [-0.4, -0.2) is 12.0 Å². The van der Waals surface area contributed by atoms with Crippen molar-refractivity contribution >= 4 is 45.1 Å². The fourth-order valence-corrected chi connectivity index (χ4v) is 4.29. The lowest BCUT2D eigenvalue weighted by Crippen LogP contribution is -2.21. The van der Waals surface area contributed by atoms with Gasteiger partial charge in [0.2, 0.25) is 0 Å². The standard InChI is InChI=1S/C15H18BrClOS/c1-19-11-7-8-12(13(17)9-11)14(16)15(18)10-5-3-2-4-6-10/h7-10,14H,2-6H2,1H3. The molecular weight excluding hydrogens is 344 g/mol. The lowest BCUT2D eigenvalue weighted by atomic mass is 9.84. The van der Waals surface area contributed by atoms with Crippen LogP contribution in [0.2, 0.25) is 5.02 Å². The van der Waals surface area contributed by atoms with Crippen LogP contribution in [0, 0.1) is 5.92 Å². The Morgan fingerprint density at radius 3 is 2.63 bits per heavy atom. The SMILES string of the molecule is CSc1ccc(C(Br)C(=O)C2CCCCC2)c(Cl)c1. The molecule has 0 heterocycles. The number of carbonyl (C=O) groups is 1. The van der Waals surface area contributed by atoms with Crippen molar-refractivity contribution < 1.29 is 4.79 Å². The van der Waals surface area contributed by atoms with E-state index in [1.807, 2.05) is 24.5 Å². The number of thioether (sulfide) groups is 1. The molecule has 1 aliphatic carbocycles. The van der Waals surface area contributed by atoms with E-state index in [0.29, 0.717) is 10.8 Å². The summed E-state index contributed by atoms with van der Waals surface area (Å²) in [5.74, 6) is 0.493. The quantitative estimate of drug-likeness (QED) is 0.509. The van der Waals surface area contributed by atoms with Crippen molar-refractivity contribution in [2.75, 3.05) is 6.26 Å². The van der Waals surface area contributed by atoms with Gasteiger partial charge in [-0.15, -0.1) is 11.8 Å². The van der Waals surface area contributed by atoms with Crippen molar-refractivity contribution in [1.29, 1.82) is 0 Å². The molecular formula is C15H18BrClOS. The zero-order chi connectivity index (χ0) is 13.8. The van der Waals surface area contributed by atoms with Crippen molar-refractivity contribution in [2.24, 2.45) is 5.92 Å². The molecule has 1 unspecified atom stereocenters. The van der Waals surface area contributed by atoms with E-state index in [0.717, 1.165) is 23.3 Å². The average Bonchev–Trinajstić information content (AvgIpc) is 2.46. The normalized spacial score (nSPS) is 18.3. The summed E-state index contributed by atoms with van der Waals surface area (Å²) in [7, 11) is 0. The molecule has 0 aromatic heterocycles. The first-order valence-electron chi connectivity index (χ1n) is 6.64. The second-order valence-electron chi connectivity index (χ2n) is 4.99. The highest BCUT2D eigenvalue weighted by Gasteiger charge is 2.28. The second kappa shape index (κ2) is 7.14. The molecule has 0 amide bonds. The smallest absolute Gasteiger partial charge is 0.154 e. The van der Waals surface area contributed by atoms with Crippen LogP contribution < -0.4 is 0 Å². The Labute approximate surface area is 132 Å². The summed E-state index contributed by atoms with van der Waals surface area (Å²) >= 11 is 11.5. The highest BCUT2D eigenvalue weighted by molar-refractivity contribution is 9.09. The van der Waals surface area contributed by atoms with Crippen LogP contribution in [0.1, 0.15) is 42.5 Å². The third-order valence-corrected chi connectivity index (χ3v) is 5.74. The predicted molar refractivity (Wildman–Crippen MR) is 86.5 cm³/mol. The van der Waals surface area contributed by atoms with Crippen LogP contribution in [0.5, 0.6) is 0 Å². The predicted octanol–water partition coefficient (Wildman–Crippen LogP) is 5.65.